The Morgan fingerprint density at radius 1 is 1.31 bits per heavy atom. The Kier molecular flexibility index (Phi) is 4.82. The summed E-state index contributed by atoms with van der Waals surface area (Å²) >= 11 is 1.24. The molecule has 0 unspecified atom stereocenters. The summed E-state index contributed by atoms with van der Waals surface area (Å²) in [5.74, 6) is -0.516. The van der Waals surface area contributed by atoms with E-state index in [-0.39, 0.29) is 16.9 Å². The summed E-state index contributed by atoms with van der Waals surface area (Å²) in [6.07, 6.45) is 0.695. The fourth-order valence-corrected chi connectivity index (χ4v) is 3.63. The molecule has 26 heavy (non-hydrogen) atoms. The summed E-state index contributed by atoms with van der Waals surface area (Å²) in [7, 11) is 2.87. The lowest BCUT2D eigenvalue weighted by Gasteiger charge is -2.16. The van der Waals surface area contributed by atoms with E-state index in [1.165, 1.54) is 30.5 Å². The highest BCUT2D eigenvalue weighted by molar-refractivity contribution is 7.98. The largest absolute Gasteiger partial charge is 0.493 e. The van der Waals surface area contributed by atoms with Gasteiger partial charge >= 0.3 is 5.97 Å². The van der Waals surface area contributed by atoms with Gasteiger partial charge in [-0.05, 0) is 19.2 Å². The van der Waals surface area contributed by atoms with Crippen LogP contribution in [0.4, 0.5) is 0 Å². The van der Waals surface area contributed by atoms with Crippen LogP contribution in [0.3, 0.4) is 0 Å². The molecule has 0 amide bonds. The number of carbonyl (C=O) groups excluding carboxylic acids is 1. The second-order valence-corrected chi connectivity index (χ2v) is 6.21. The molecule has 2 aromatic rings. The van der Waals surface area contributed by atoms with Crippen LogP contribution in [0.5, 0.6) is 17.4 Å². The number of hydrogen-bond acceptors (Lipinski definition) is 8. The number of thioether (sulfide) groups is 1. The van der Waals surface area contributed by atoms with E-state index in [2.05, 4.69) is 4.98 Å². The van der Waals surface area contributed by atoms with Gasteiger partial charge in [-0.1, -0.05) is 17.8 Å². The maximum absolute atomic E-state index is 12.9. The average Bonchev–Trinajstić information content (AvgIpc) is 2.97. The number of ether oxygens (including phenoxy) is 3. The summed E-state index contributed by atoms with van der Waals surface area (Å²) < 4.78 is 17.3. The Morgan fingerprint density at radius 3 is 2.62 bits per heavy atom. The predicted molar refractivity (Wildman–Crippen MR) is 94.4 cm³/mol. The molecule has 1 aliphatic rings. The van der Waals surface area contributed by atoms with Crippen molar-refractivity contribution in [2.45, 2.75) is 24.7 Å². The Hall–Kier alpha value is -2.68. The molecule has 0 fully saturated rings. The minimum absolute atomic E-state index is 0.0797. The molecular weight excluding hydrogens is 360 g/mol. The molecule has 1 aromatic carbocycles. The lowest BCUT2D eigenvalue weighted by Crippen LogP contribution is -2.28. The first-order chi connectivity index (χ1) is 12.5. The number of benzene rings is 1. The van der Waals surface area contributed by atoms with Gasteiger partial charge in [0.2, 0.25) is 5.88 Å². The highest BCUT2D eigenvalue weighted by Gasteiger charge is 2.40. The van der Waals surface area contributed by atoms with E-state index in [1.54, 1.807) is 25.3 Å². The first-order valence-corrected chi connectivity index (χ1v) is 9.04. The molecule has 9 heteroatoms. The molecule has 0 spiro atoms. The molecule has 2 heterocycles. The number of hydrogen-bond donors (Lipinski definition) is 1. The normalized spacial score (nSPS) is 15.5. The van der Waals surface area contributed by atoms with Crippen LogP contribution >= 0.6 is 11.8 Å². The number of esters is 1. The van der Waals surface area contributed by atoms with E-state index in [4.69, 9.17) is 14.2 Å². The summed E-state index contributed by atoms with van der Waals surface area (Å²) in [4.78, 5) is 29.4. The first kappa shape index (κ1) is 18.1. The lowest BCUT2D eigenvalue weighted by molar-refractivity contribution is 0.0446. The number of methoxy groups -OCH3 is 2. The van der Waals surface area contributed by atoms with Gasteiger partial charge in [-0.15, -0.1) is 0 Å². The summed E-state index contributed by atoms with van der Waals surface area (Å²) in [5.41, 5.74) is 0.0581. The van der Waals surface area contributed by atoms with Gasteiger partial charge in [-0.25, -0.2) is 4.79 Å². The van der Waals surface area contributed by atoms with E-state index >= 15 is 0 Å². The smallest absolute Gasteiger partial charge is 0.343 e. The summed E-state index contributed by atoms with van der Waals surface area (Å²) in [6, 6.07) is 3.23. The number of cyclic esters (lactones) is 1. The Bertz CT molecular complexity index is 940. The fraction of sp³-hybridized carbons (Fsp3) is 0.353. The summed E-state index contributed by atoms with van der Waals surface area (Å²) in [6.45, 7) is 2.17. The van der Waals surface area contributed by atoms with E-state index in [0.717, 1.165) is 0 Å². The highest BCUT2D eigenvalue weighted by Crippen LogP contribution is 2.44. The van der Waals surface area contributed by atoms with Crippen molar-refractivity contribution >= 4 is 17.7 Å². The third kappa shape index (κ3) is 2.59. The molecule has 1 aliphatic heterocycles. The Balaban J connectivity index is 2.25. The third-order valence-electron chi connectivity index (χ3n) is 4.20. The van der Waals surface area contributed by atoms with E-state index < -0.39 is 23.5 Å². The second kappa shape index (κ2) is 6.91. The van der Waals surface area contributed by atoms with Crippen LogP contribution in [0.1, 0.15) is 34.5 Å². The SMILES string of the molecule is CCn1c(SC)nc(O)c([C@@H]2OC(=O)c3c2ccc(OC)c3OC)c1=O. The van der Waals surface area contributed by atoms with Crippen LogP contribution in [0.2, 0.25) is 0 Å². The van der Waals surface area contributed by atoms with Crippen molar-refractivity contribution < 1.29 is 24.1 Å². The number of aromatic hydroxyl groups is 1. The molecule has 0 saturated carbocycles. The average molecular weight is 378 g/mol. The zero-order chi connectivity index (χ0) is 19.0. The van der Waals surface area contributed by atoms with E-state index in [1.807, 2.05) is 0 Å². The molecule has 1 atom stereocenters. The van der Waals surface area contributed by atoms with Crippen LogP contribution in [0.25, 0.3) is 0 Å². The van der Waals surface area contributed by atoms with Crippen LogP contribution < -0.4 is 15.0 Å². The number of rotatable bonds is 5. The van der Waals surface area contributed by atoms with Crippen molar-refractivity contribution in [3.8, 4) is 17.4 Å². The second-order valence-electron chi connectivity index (χ2n) is 5.44. The number of fused-ring (bicyclic) bond motifs is 1. The van der Waals surface area contributed by atoms with Gasteiger partial charge in [-0.2, -0.15) is 4.98 Å². The van der Waals surface area contributed by atoms with Crippen molar-refractivity contribution in [1.82, 2.24) is 9.55 Å². The molecule has 3 rings (SSSR count). The maximum atomic E-state index is 12.9. The monoisotopic (exact) mass is 378 g/mol. The summed E-state index contributed by atoms with van der Waals surface area (Å²) in [5, 5.41) is 10.7. The van der Waals surface area contributed by atoms with Gasteiger partial charge in [0, 0.05) is 12.1 Å². The number of aromatic nitrogens is 2. The van der Waals surface area contributed by atoms with Crippen molar-refractivity contribution in [2.75, 3.05) is 20.5 Å². The maximum Gasteiger partial charge on any atom is 0.343 e. The minimum atomic E-state index is -1.06. The van der Waals surface area contributed by atoms with Crippen molar-refractivity contribution in [2.24, 2.45) is 0 Å². The van der Waals surface area contributed by atoms with Crippen molar-refractivity contribution in [3.05, 3.63) is 39.2 Å². The molecule has 8 nitrogen and oxygen atoms in total. The molecule has 0 aliphatic carbocycles. The van der Waals surface area contributed by atoms with Crippen LogP contribution in [0, 0.1) is 0 Å². The number of carbonyl (C=O) groups is 1. The number of nitrogens with zero attached hydrogens (tertiary/aromatic N) is 2. The fourth-order valence-electron chi connectivity index (χ4n) is 3.02. The zero-order valence-corrected chi connectivity index (χ0v) is 15.5. The van der Waals surface area contributed by atoms with E-state index in [0.29, 0.717) is 23.0 Å². The zero-order valence-electron chi connectivity index (χ0n) is 14.7. The Morgan fingerprint density at radius 2 is 2.04 bits per heavy atom. The topological polar surface area (TPSA) is 99.9 Å². The third-order valence-corrected chi connectivity index (χ3v) is 4.88. The predicted octanol–water partition coefficient (Wildman–Crippen LogP) is 1.97. The molecule has 1 aromatic heterocycles. The van der Waals surface area contributed by atoms with Gasteiger partial charge in [0.05, 0.1) is 14.2 Å². The highest BCUT2D eigenvalue weighted by atomic mass is 32.2. The first-order valence-electron chi connectivity index (χ1n) is 7.81. The van der Waals surface area contributed by atoms with Gasteiger partial charge in [0.1, 0.15) is 11.1 Å². The minimum Gasteiger partial charge on any atom is -0.493 e. The van der Waals surface area contributed by atoms with Gasteiger partial charge < -0.3 is 19.3 Å². The molecule has 0 radical (unpaired) electrons. The molecule has 138 valence electrons. The van der Waals surface area contributed by atoms with Crippen molar-refractivity contribution in [1.29, 1.82) is 0 Å². The van der Waals surface area contributed by atoms with Crippen LogP contribution in [-0.4, -0.2) is 41.1 Å². The van der Waals surface area contributed by atoms with E-state index in [9.17, 15) is 14.7 Å². The lowest BCUT2D eigenvalue weighted by atomic mass is 9.99. The standard InChI is InChI=1S/C17H18N2O6S/c1-5-19-15(21)11(14(20)18-17(19)26-4)12-8-6-7-9(23-2)13(24-3)10(8)16(22)25-12/h6-7,12,20H,5H2,1-4H3/t12-/m1/s1. The van der Waals surface area contributed by atoms with Gasteiger partial charge in [0.15, 0.2) is 22.8 Å². The molecule has 1 N–H and O–H groups in total. The van der Waals surface area contributed by atoms with Crippen molar-refractivity contribution in [3.63, 3.8) is 0 Å². The van der Waals surface area contributed by atoms with Crippen LogP contribution in [-0.2, 0) is 11.3 Å². The van der Waals surface area contributed by atoms with Gasteiger partial charge in [0.25, 0.3) is 5.56 Å². The molecule has 0 saturated heterocycles. The van der Waals surface area contributed by atoms with Crippen LogP contribution in [0.15, 0.2) is 22.1 Å². The molecular formula is C17H18N2O6S. The quantitative estimate of drug-likeness (QED) is 0.479. The molecule has 0 bridgehead atoms. The Labute approximate surface area is 153 Å². The van der Waals surface area contributed by atoms with Gasteiger partial charge in [-0.3, -0.25) is 9.36 Å².